The summed E-state index contributed by atoms with van der Waals surface area (Å²) in [6.45, 7) is 6.05. The topological polar surface area (TPSA) is 128 Å². The summed E-state index contributed by atoms with van der Waals surface area (Å²) in [5.74, 6) is -0.635. The molecule has 0 aromatic heterocycles. The summed E-state index contributed by atoms with van der Waals surface area (Å²) in [7, 11) is -10.9. The number of thioether (sulfide) groups is 1. The number of rotatable bonds is 15. The lowest BCUT2D eigenvalue weighted by Crippen LogP contribution is -2.51. The van der Waals surface area contributed by atoms with E-state index in [0.717, 1.165) is 65.6 Å². The molecule has 3 aliphatic heterocycles. The molecule has 1 amide bonds. The van der Waals surface area contributed by atoms with Crippen LogP contribution in [-0.2, 0) is 37.6 Å². The first-order valence-corrected chi connectivity index (χ1v) is 25.2. The van der Waals surface area contributed by atoms with Crippen molar-refractivity contribution in [2.45, 2.75) is 51.7 Å². The Hall–Kier alpha value is -4.04. The second-order valence-corrected chi connectivity index (χ2v) is 21.2. The summed E-state index contributed by atoms with van der Waals surface area (Å²) < 4.78 is 104. The predicted octanol–water partition coefficient (Wildman–Crippen LogP) is 8.80. The van der Waals surface area contributed by atoms with Gasteiger partial charge in [0.15, 0.2) is 0 Å². The molecule has 20 heteroatoms. The molecule has 0 spiro atoms. The number of nitrogens with one attached hydrogen (secondary N) is 2. The predicted molar refractivity (Wildman–Crippen MR) is 259 cm³/mol. The van der Waals surface area contributed by atoms with E-state index in [4.69, 9.17) is 16.3 Å². The van der Waals surface area contributed by atoms with Gasteiger partial charge in [0.05, 0.1) is 23.8 Å². The quantitative estimate of drug-likeness (QED) is 0.0978. The van der Waals surface area contributed by atoms with Crippen molar-refractivity contribution in [3.8, 4) is 11.1 Å². The van der Waals surface area contributed by atoms with Crippen LogP contribution in [0, 0.1) is 0 Å². The van der Waals surface area contributed by atoms with Gasteiger partial charge in [-0.2, -0.15) is 13.2 Å². The van der Waals surface area contributed by atoms with Gasteiger partial charge >= 0.3 is 5.51 Å². The number of alkyl halides is 3. The normalized spacial score (nSPS) is 17.2. The first kappa shape index (κ1) is 51.4. The number of carbonyl (C=O) groups is 1. The third-order valence-electron chi connectivity index (χ3n) is 11.8. The van der Waals surface area contributed by atoms with Crippen LogP contribution in [0.4, 0.5) is 24.5 Å². The summed E-state index contributed by atoms with van der Waals surface area (Å²) in [5.41, 5.74) is -0.905. The maximum absolute atomic E-state index is 14.2. The molecule has 11 nitrogen and oxygen atoms in total. The molecule has 5 aromatic rings. The number of anilines is 2. The lowest BCUT2D eigenvalue weighted by Gasteiger charge is -2.39. The van der Waals surface area contributed by atoms with E-state index in [1.807, 2.05) is 71.5 Å². The first-order valence-electron chi connectivity index (χ1n) is 20.9. The summed E-state index contributed by atoms with van der Waals surface area (Å²) in [5, 5.41) is 3.67. The van der Waals surface area contributed by atoms with Crippen molar-refractivity contribution < 1.29 is 39.5 Å². The van der Waals surface area contributed by atoms with Gasteiger partial charge in [-0.25, -0.2) is 21.6 Å². The zero-order valence-electron chi connectivity index (χ0n) is 35.5. The van der Waals surface area contributed by atoms with E-state index in [2.05, 4.69) is 32.1 Å². The first-order chi connectivity index (χ1) is 30.6. The number of morpholine rings is 1. The van der Waals surface area contributed by atoms with Gasteiger partial charge in [-0.3, -0.25) is 14.6 Å². The highest BCUT2D eigenvalue weighted by atomic mass is 35.5. The fourth-order valence-electron chi connectivity index (χ4n) is 8.46. The van der Waals surface area contributed by atoms with Crippen LogP contribution in [0.1, 0.15) is 27.9 Å². The Bertz CT molecular complexity index is 2700. The molecule has 2 saturated heterocycles. The molecule has 0 saturated carbocycles. The van der Waals surface area contributed by atoms with Crippen molar-refractivity contribution >= 4 is 85.3 Å². The van der Waals surface area contributed by atoms with Crippen LogP contribution < -0.4 is 14.9 Å². The summed E-state index contributed by atoms with van der Waals surface area (Å²) in [4.78, 5) is 19.3. The Kier molecular flexibility index (Phi) is 17.1. The minimum atomic E-state index is -6.06. The van der Waals surface area contributed by atoms with Crippen molar-refractivity contribution in [3.05, 3.63) is 137 Å². The number of halogens is 6. The van der Waals surface area contributed by atoms with Crippen molar-refractivity contribution in [2.24, 2.45) is 0 Å². The van der Waals surface area contributed by atoms with Gasteiger partial charge in [0.2, 0.25) is 0 Å². The monoisotopic (exact) mass is 1030 g/mol. The second-order valence-electron chi connectivity index (χ2n) is 16.0. The van der Waals surface area contributed by atoms with Crippen LogP contribution in [0.25, 0.3) is 11.1 Å². The van der Waals surface area contributed by atoms with Gasteiger partial charge in [0, 0.05) is 84.8 Å². The van der Waals surface area contributed by atoms with Crippen molar-refractivity contribution in [1.82, 2.24) is 14.5 Å². The lowest BCUT2D eigenvalue weighted by molar-refractivity contribution is -0.0435. The minimum Gasteiger partial charge on any atom is -0.380 e. The molecule has 0 unspecified atom stereocenters. The number of sulfone groups is 1. The van der Waals surface area contributed by atoms with Gasteiger partial charge < -0.3 is 15.0 Å². The molecule has 2 N–H and O–H groups in total. The van der Waals surface area contributed by atoms with Crippen LogP contribution >= 0.6 is 48.2 Å². The number of carbonyl (C=O) groups excluding carboxylic acids is 1. The summed E-state index contributed by atoms with van der Waals surface area (Å²) in [6, 6.07) is 32.4. The minimum absolute atomic E-state index is 0. The average Bonchev–Trinajstić information content (AvgIpc) is 3.65. The number of benzene rings is 5. The van der Waals surface area contributed by atoms with Gasteiger partial charge in [-0.1, -0.05) is 66.2 Å². The Balaban J connectivity index is 0.00000360. The van der Waals surface area contributed by atoms with Gasteiger partial charge in [0.25, 0.3) is 25.8 Å². The highest BCUT2D eigenvalue weighted by Gasteiger charge is 2.48. The van der Waals surface area contributed by atoms with Crippen molar-refractivity contribution in [1.29, 1.82) is 0 Å². The van der Waals surface area contributed by atoms with Gasteiger partial charge in [0.1, 0.15) is 4.90 Å². The molecule has 0 aliphatic carbocycles. The molecule has 2 atom stereocenters. The van der Waals surface area contributed by atoms with Crippen LogP contribution in [0.2, 0.25) is 5.02 Å². The summed E-state index contributed by atoms with van der Waals surface area (Å²) >= 11 is 7.59. The van der Waals surface area contributed by atoms with Gasteiger partial charge in [-0.15, -0.1) is 36.6 Å². The molecule has 5 aromatic carbocycles. The van der Waals surface area contributed by atoms with Crippen LogP contribution in [0.3, 0.4) is 0 Å². The fourth-order valence-corrected chi connectivity index (χ4v) is 11.6. The maximum atomic E-state index is 14.2. The number of nitrogens with zero attached hydrogens (tertiary/aromatic N) is 3. The Morgan fingerprint density at radius 3 is 2.27 bits per heavy atom. The van der Waals surface area contributed by atoms with Crippen molar-refractivity contribution in [3.63, 3.8) is 0 Å². The van der Waals surface area contributed by atoms with E-state index in [9.17, 15) is 34.8 Å². The molecule has 3 aliphatic rings. The average molecular weight is 1030 g/mol. The van der Waals surface area contributed by atoms with Crippen molar-refractivity contribution in [2.75, 3.05) is 68.5 Å². The smallest absolute Gasteiger partial charge is 0.380 e. The Morgan fingerprint density at radius 2 is 1.55 bits per heavy atom. The number of amides is 1. The number of ether oxygens (including phenoxy) is 1. The standard InChI is InChI=1S/C46H47ClF3N5O6S3.2ClH/c47-36-13-10-32(11-14-36)41-9-5-4-6-34(41)29-54-20-21-55-38(30-54)27-35-26-33(12-17-43(35)55)45(56)52-64(59,60)40-15-16-42(44(28-40)63(57,58)46(48,49)50)51-37(18-19-53-22-24-61-25-23-53)31-62-39-7-2-1-3-8-39;;/h1-17,26,28,37-38,51H,18-25,27,29-31H2,(H,52,56);2*1H/t37-,38-;;/m1../s1. The molecule has 0 bridgehead atoms. The highest BCUT2D eigenvalue weighted by molar-refractivity contribution is 7.99. The van der Waals surface area contributed by atoms with Crippen LogP contribution in [0.5, 0.6) is 0 Å². The number of hydrogen-bond acceptors (Lipinski definition) is 11. The third kappa shape index (κ3) is 12.0. The number of piperazine rings is 1. The maximum Gasteiger partial charge on any atom is 0.501 e. The lowest BCUT2D eigenvalue weighted by atomic mass is 9.99. The van der Waals surface area contributed by atoms with Gasteiger partial charge in [-0.05, 0) is 95.8 Å². The van der Waals surface area contributed by atoms with Crippen LogP contribution in [0.15, 0.2) is 130 Å². The molecule has 354 valence electrons. The molecule has 0 radical (unpaired) electrons. The van der Waals surface area contributed by atoms with E-state index >= 15 is 0 Å². The summed E-state index contributed by atoms with van der Waals surface area (Å²) in [6.07, 6.45) is 1.06. The molecule has 66 heavy (non-hydrogen) atoms. The zero-order valence-corrected chi connectivity index (χ0v) is 40.3. The third-order valence-corrected chi connectivity index (χ3v) is 16.1. The highest BCUT2D eigenvalue weighted by Crippen LogP contribution is 2.38. The SMILES string of the molecule is Cl.Cl.O=C(NS(=O)(=O)c1ccc(N[C@H](CCN2CCOCC2)CSc2ccccc2)c(S(=O)(=O)C(F)(F)F)c1)c1ccc2c(c1)C[C@@H]1CN(Cc3ccccc3-c3ccc(Cl)cc3)CCN21. The molecule has 8 rings (SSSR count). The van der Waals surface area contributed by atoms with E-state index in [1.165, 1.54) is 23.4 Å². The van der Waals surface area contributed by atoms with E-state index in [0.29, 0.717) is 62.5 Å². The molecular formula is C46H49Cl3F3N5O6S3. The number of fused-ring (bicyclic) bond motifs is 3. The molecular weight excluding hydrogens is 978 g/mol. The van der Waals surface area contributed by atoms with Crippen LogP contribution in [-0.4, -0.2) is 108 Å². The Morgan fingerprint density at radius 1 is 0.833 bits per heavy atom. The zero-order chi connectivity index (χ0) is 45.1. The fraction of sp³-hybridized carbons (Fsp3) is 0.326. The number of sulfonamides is 1. The van der Waals surface area contributed by atoms with E-state index < -0.39 is 52.8 Å². The van der Waals surface area contributed by atoms with E-state index in [1.54, 1.807) is 12.1 Å². The Labute approximate surface area is 405 Å². The number of hydrogen-bond donors (Lipinski definition) is 2. The molecule has 3 heterocycles. The van der Waals surface area contributed by atoms with E-state index in [-0.39, 0.29) is 36.4 Å². The largest absolute Gasteiger partial charge is 0.501 e. The second kappa shape index (κ2) is 21.9. The molecule has 2 fully saturated rings.